The number of rotatable bonds is 3. The molecule has 0 aliphatic heterocycles. The van der Waals surface area contributed by atoms with E-state index in [0.29, 0.717) is 11.6 Å². The van der Waals surface area contributed by atoms with Crippen LogP contribution in [0.4, 0.5) is 10.2 Å². The van der Waals surface area contributed by atoms with Crippen LogP contribution in [0.25, 0.3) is 21.8 Å². The van der Waals surface area contributed by atoms with Gasteiger partial charge in [-0.15, -0.1) is 11.3 Å². The van der Waals surface area contributed by atoms with Crippen molar-refractivity contribution in [2.24, 2.45) is 0 Å². The summed E-state index contributed by atoms with van der Waals surface area (Å²) in [6.07, 6.45) is 0.972. The van der Waals surface area contributed by atoms with Gasteiger partial charge in [0.25, 0.3) is 0 Å². The van der Waals surface area contributed by atoms with Gasteiger partial charge >= 0.3 is 0 Å². The third-order valence-electron chi connectivity index (χ3n) is 3.09. The molecule has 20 heavy (non-hydrogen) atoms. The fraction of sp³-hybridized carbons (Fsp3) is 0.133. The van der Waals surface area contributed by atoms with Gasteiger partial charge in [0.05, 0.1) is 10.4 Å². The van der Waals surface area contributed by atoms with Crippen LogP contribution in [0.5, 0.6) is 0 Å². The topological polar surface area (TPSA) is 52.0 Å². The normalized spacial score (nSPS) is 10.9. The zero-order valence-corrected chi connectivity index (χ0v) is 11.7. The summed E-state index contributed by atoms with van der Waals surface area (Å²) in [5.74, 6) is 0.673. The van der Waals surface area contributed by atoms with E-state index in [1.165, 1.54) is 17.0 Å². The third kappa shape index (κ3) is 2.20. The van der Waals surface area contributed by atoms with Gasteiger partial charge in [-0.1, -0.05) is 24.2 Å². The van der Waals surface area contributed by atoms with Gasteiger partial charge in [-0.05, 0) is 36.2 Å². The van der Waals surface area contributed by atoms with E-state index in [-0.39, 0.29) is 5.82 Å². The molecule has 1 aromatic carbocycles. The van der Waals surface area contributed by atoms with E-state index in [1.54, 1.807) is 23.5 Å². The molecule has 3 nitrogen and oxygen atoms in total. The van der Waals surface area contributed by atoms with Crippen LogP contribution < -0.4 is 5.73 Å². The van der Waals surface area contributed by atoms with Crippen molar-refractivity contribution in [2.75, 3.05) is 5.73 Å². The zero-order chi connectivity index (χ0) is 14.1. The molecule has 3 aromatic rings. The standard InChI is InChI=1S/C15H13FN2OS/c1-2-11-7-8-12(20-11)14-13(15(17)18-19-14)9-3-5-10(16)6-4-9/h3-8H,2H2,1H3,(H2,17,18). The number of anilines is 1. The van der Waals surface area contributed by atoms with Gasteiger partial charge < -0.3 is 10.3 Å². The van der Waals surface area contributed by atoms with Gasteiger partial charge in [-0.25, -0.2) is 4.39 Å². The van der Waals surface area contributed by atoms with E-state index in [9.17, 15) is 4.39 Å². The summed E-state index contributed by atoms with van der Waals surface area (Å²) in [5.41, 5.74) is 7.41. The average Bonchev–Trinajstić information content (AvgIpc) is 3.06. The number of nitrogens with zero attached hydrogens (tertiary/aromatic N) is 1. The van der Waals surface area contributed by atoms with Crippen LogP contribution in [0.3, 0.4) is 0 Å². The Morgan fingerprint density at radius 1 is 1.20 bits per heavy atom. The van der Waals surface area contributed by atoms with Crippen molar-refractivity contribution in [2.45, 2.75) is 13.3 Å². The molecule has 0 amide bonds. The average molecular weight is 288 g/mol. The lowest BCUT2D eigenvalue weighted by Crippen LogP contribution is -1.88. The van der Waals surface area contributed by atoms with E-state index in [4.69, 9.17) is 10.3 Å². The largest absolute Gasteiger partial charge is 0.380 e. The van der Waals surface area contributed by atoms with Crippen molar-refractivity contribution in [3.63, 3.8) is 0 Å². The summed E-state index contributed by atoms with van der Waals surface area (Å²) in [4.78, 5) is 2.24. The van der Waals surface area contributed by atoms with Crippen LogP contribution in [-0.2, 0) is 6.42 Å². The Bertz CT molecular complexity index is 731. The number of benzene rings is 1. The fourth-order valence-electron chi connectivity index (χ4n) is 2.06. The van der Waals surface area contributed by atoms with Gasteiger partial charge in [0, 0.05) is 4.88 Å². The van der Waals surface area contributed by atoms with E-state index in [2.05, 4.69) is 18.1 Å². The highest BCUT2D eigenvalue weighted by molar-refractivity contribution is 7.15. The number of halogens is 1. The zero-order valence-electron chi connectivity index (χ0n) is 10.9. The SMILES string of the molecule is CCc1ccc(-c2onc(N)c2-c2ccc(F)cc2)s1. The number of hydrogen-bond acceptors (Lipinski definition) is 4. The van der Waals surface area contributed by atoms with E-state index < -0.39 is 0 Å². The predicted octanol–water partition coefficient (Wildman–Crippen LogP) is 4.35. The van der Waals surface area contributed by atoms with E-state index in [0.717, 1.165) is 22.4 Å². The fourth-order valence-corrected chi connectivity index (χ4v) is 2.99. The molecule has 0 unspecified atom stereocenters. The molecule has 0 saturated carbocycles. The molecule has 0 bridgehead atoms. The molecule has 0 atom stereocenters. The summed E-state index contributed by atoms with van der Waals surface area (Å²) in [5, 5.41) is 3.84. The van der Waals surface area contributed by atoms with Gasteiger partial charge in [-0.3, -0.25) is 0 Å². The number of nitrogen functional groups attached to an aromatic ring is 1. The van der Waals surface area contributed by atoms with Crippen molar-refractivity contribution in [1.82, 2.24) is 5.16 Å². The van der Waals surface area contributed by atoms with Crippen molar-refractivity contribution in [3.05, 3.63) is 47.1 Å². The van der Waals surface area contributed by atoms with Crippen molar-refractivity contribution in [3.8, 4) is 21.8 Å². The number of aryl methyl sites for hydroxylation is 1. The van der Waals surface area contributed by atoms with Crippen molar-refractivity contribution in [1.29, 1.82) is 0 Å². The van der Waals surface area contributed by atoms with Crippen LogP contribution in [0.15, 0.2) is 40.9 Å². The molecule has 0 saturated heterocycles. The highest BCUT2D eigenvalue weighted by Crippen LogP contribution is 2.39. The molecule has 0 aliphatic carbocycles. The first kappa shape index (κ1) is 12.9. The first-order valence-electron chi connectivity index (χ1n) is 6.29. The molecule has 3 rings (SSSR count). The number of thiophene rings is 1. The van der Waals surface area contributed by atoms with Gasteiger partial charge in [-0.2, -0.15) is 0 Å². The number of hydrogen-bond donors (Lipinski definition) is 1. The second-order valence-corrected chi connectivity index (χ2v) is 5.57. The highest BCUT2D eigenvalue weighted by atomic mass is 32.1. The lowest BCUT2D eigenvalue weighted by atomic mass is 10.1. The Hall–Kier alpha value is -2.14. The minimum absolute atomic E-state index is 0.283. The van der Waals surface area contributed by atoms with Gasteiger partial charge in [0.2, 0.25) is 0 Å². The molecular weight excluding hydrogens is 275 g/mol. The molecule has 0 aliphatic rings. The Labute approximate surface area is 119 Å². The Kier molecular flexibility index (Phi) is 3.28. The summed E-state index contributed by atoms with van der Waals surface area (Å²) < 4.78 is 18.4. The quantitative estimate of drug-likeness (QED) is 0.779. The maximum atomic E-state index is 13.0. The number of aromatic nitrogens is 1. The smallest absolute Gasteiger partial charge is 0.186 e. The van der Waals surface area contributed by atoms with Crippen LogP contribution in [0, 0.1) is 5.82 Å². The number of nitrogens with two attached hydrogens (primary N) is 1. The maximum Gasteiger partial charge on any atom is 0.186 e. The molecule has 0 radical (unpaired) electrons. The van der Waals surface area contributed by atoms with E-state index >= 15 is 0 Å². The predicted molar refractivity (Wildman–Crippen MR) is 79.0 cm³/mol. The highest BCUT2D eigenvalue weighted by Gasteiger charge is 2.19. The van der Waals surface area contributed by atoms with Gasteiger partial charge in [0.1, 0.15) is 5.82 Å². The minimum Gasteiger partial charge on any atom is -0.380 e. The van der Waals surface area contributed by atoms with Gasteiger partial charge in [0.15, 0.2) is 11.6 Å². The summed E-state index contributed by atoms with van der Waals surface area (Å²) in [7, 11) is 0. The summed E-state index contributed by atoms with van der Waals surface area (Å²) in [6, 6.07) is 10.2. The Morgan fingerprint density at radius 2 is 1.95 bits per heavy atom. The molecular formula is C15H13FN2OS. The Morgan fingerprint density at radius 3 is 2.60 bits per heavy atom. The molecule has 0 fully saturated rings. The molecule has 2 N–H and O–H groups in total. The molecule has 0 spiro atoms. The summed E-state index contributed by atoms with van der Waals surface area (Å²) in [6.45, 7) is 2.10. The molecule has 5 heteroatoms. The minimum atomic E-state index is -0.283. The first-order chi connectivity index (χ1) is 9.69. The van der Waals surface area contributed by atoms with Crippen LogP contribution in [0.2, 0.25) is 0 Å². The lowest BCUT2D eigenvalue weighted by molar-refractivity contribution is 0.437. The van der Waals surface area contributed by atoms with Crippen molar-refractivity contribution >= 4 is 17.2 Å². The second-order valence-electron chi connectivity index (χ2n) is 4.40. The van der Waals surface area contributed by atoms with E-state index in [1.807, 2.05) is 6.07 Å². The monoisotopic (exact) mass is 288 g/mol. The molecule has 102 valence electrons. The second kappa shape index (κ2) is 5.09. The summed E-state index contributed by atoms with van der Waals surface area (Å²) >= 11 is 1.65. The van der Waals surface area contributed by atoms with Crippen LogP contribution in [0.1, 0.15) is 11.8 Å². The third-order valence-corrected chi connectivity index (χ3v) is 4.31. The van der Waals surface area contributed by atoms with Crippen LogP contribution in [-0.4, -0.2) is 5.16 Å². The Balaban J connectivity index is 2.11. The molecule has 2 heterocycles. The lowest BCUT2D eigenvalue weighted by Gasteiger charge is -2.01. The molecule has 2 aromatic heterocycles. The van der Waals surface area contributed by atoms with Crippen molar-refractivity contribution < 1.29 is 8.91 Å². The van der Waals surface area contributed by atoms with Crippen LogP contribution >= 0.6 is 11.3 Å². The maximum absolute atomic E-state index is 13.0. The first-order valence-corrected chi connectivity index (χ1v) is 7.11.